The van der Waals surface area contributed by atoms with Crippen molar-refractivity contribution in [3.63, 3.8) is 0 Å². The Bertz CT molecular complexity index is 632. The lowest BCUT2D eigenvalue weighted by atomic mass is 9.93. The monoisotopic (exact) mass is 416 g/mol. The van der Waals surface area contributed by atoms with Crippen molar-refractivity contribution in [1.82, 2.24) is 20.2 Å². The molecule has 2 saturated heterocycles. The smallest absolute Gasteiger partial charge is 0.220 e. The summed E-state index contributed by atoms with van der Waals surface area (Å²) in [6.07, 6.45) is 12.0. The van der Waals surface area contributed by atoms with Gasteiger partial charge in [0.1, 0.15) is 18.0 Å². The third-order valence-corrected chi connectivity index (χ3v) is 6.28. The highest BCUT2D eigenvalue weighted by Gasteiger charge is 2.22. The molecule has 1 aromatic rings. The minimum Gasteiger partial charge on any atom is -0.370 e. The van der Waals surface area contributed by atoms with E-state index in [4.69, 9.17) is 0 Å². The fourth-order valence-electron chi connectivity index (χ4n) is 4.52. The zero-order chi connectivity index (χ0) is 21.0. The topological polar surface area (TPSA) is 73.4 Å². The van der Waals surface area contributed by atoms with Gasteiger partial charge in [-0.1, -0.05) is 19.8 Å². The molecule has 0 saturated carbocycles. The Labute approximate surface area is 182 Å². The number of amides is 1. The summed E-state index contributed by atoms with van der Waals surface area (Å²) in [6.45, 7) is 9.23. The van der Waals surface area contributed by atoms with Gasteiger partial charge in [-0.25, -0.2) is 9.97 Å². The molecule has 30 heavy (non-hydrogen) atoms. The highest BCUT2D eigenvalue weighted by Crippen LogP contribution is 2.25. The molecule has 0 spiro atoms. The molecule has 3 heterocycles. The van der Waals surface area contributed by atoms with Crippen LogP contribution < -0.4 is 15.5 Å². The van der Waals surface area contributed by atoms with Crippen LogP contribution in [0.3, 0.4) is 0 Å². The minimum absolute atomic E-state index is 0.204. The molecule has 2 fully saturated rings. The third-order valence-electron chi connectivity index (χ3n) is 6.28. The molecule has 1 amide bonds. The predicted octanol–water partition coefficient (Wildman–Crippen LogP) is 3.29. The van der Waals surface area contributed by atoms with Crippen molar-refractivity contribution < 1.29 is 4.79 Å². The molecule has 7 heteroatoms. The van der Waals surface area contributed by atoms with Crippen molar-refractivity contribution in [2.75, 3.05) is 56.0 Å². The normalized spacial score (nSPS) is 20.6. The van der Waals surface area contributed by atoms with Gasteiger partial charge in [-0.3, -0.25) is 4.79 Å². The molecule has 3 rings (SSSR count). The van der Waals surface area contributed by atoms with E-state index in [-0.39, 0.29) is 5.91 Å². The van der Waals surface area contributed by atoms with Crippen LogP contribution in [0, 0.1) is 5.92 Å². The Morgan fingerprint density at radius 2 is 1.93 bits per heavy atom. The molecule has 1 aromatic heterocycles. The Kier molecular flexibility index (Phi) is 9.67. The predicted molar refractivity (Wildman–Crippen MR) is 123 cm³/mol. The van der Waals surface area contributed by atoms with Crippen LogP contribution in [0.4, 0.5) is 11.6 Å². The largest absolute Gasteiger partial charge is 0.370 e. The number of anilines is 2. The average Bonchev–Trinajstić information content (AvgIpc) is 3.06. The molecular formula is C23H40N6O. The summed E-state index contributed by atoms with van der Waals surface area (Å²) in [7, 11) is 0. The van der Waals surface area contributed by atoms with Crippen LogP contribution in [-0.4, -0.2) is 66.6 Å². The van der Waals surface area contributed by atoms with Crippen molar-refractivity contribution in [2.45, 2.75) is 64.7 Å². The summed E-state index contributed by atoms with van der Waals surface area (Å²) in [5.74, 6) is 2.65. The minimum atomic E-state index is 0.204. The summed E-state index contributed by atoms with van der Waals surface area (Å²) in [4.78, 5) is 26.0. The van der Waals surface area contributed by atoms with E-state index >= 15 is 0 Å². The van der Waals surface area contributed by atoms with Crippen molar-refractivity contribution in [3.8, 4) is 0 Å². The van der Waals surface area contributed by atoms with E-state index in [0.29, 0.717) is 12.3 Å². The number of likely N-dealkylation sites (tertiary alicyclic amines) is 1. The summed E-state index contributed by atoms with van der Waals surface area (Å²) < 4.78 is 0. The lowest BCUT2D eigenvalue weighted by molar-refractivity contribution is -0.121. The fourth-order valence-corrected chi connectivity index (χ4v) is 4.52. The highest BCUT2D eigenvalue weighted by molar-refractivity contribution is 5.75. The number of rotatable bonds is 10. The van der Waals surface area contributed by atoms with Crippen LogP contribution in [0.2, 0.25) is 0 Å². The van der Waals surface area contributed by atoms with Gasteiger partial charge >= 0.3 is 0 Å². The first-order valence-corrected chi connectivity index (χ1v) is 12.0. The maximum atomic E-state index is 12.3. The van der Waals surface area contributed by atoms with Gasteiger partial charge in [-0.15, -0.1) is 0 Å². The van der Waals surface area contributed by atoms with Gasteiger partial charge < -0.3 is 20.4 Å². The maximum absolute atomic E-state index is 12.3. The molecular weight excluding hydrogens is 376 g/mol. The first-order valence-electron chi connectivity index (χ1n) is 12.0. The number of carbonyl (C=O) groups excluding carboxylic acids is 1. The summed E-state index contributed by atoms with van der Waals surface area (Å²) in [6, 6.07) is 2.05. The van der Waals surface area contributed by atoms with E-state index in [1.165, 1.54) is 45.2 Å². The number of piperidine rings is 1. The lowest BCUT2D eigenvalue weighted by Gasteiger charge is -2.33. The van der Waals surface area contributed by atoms with Gasteiger partial charge in [-0.2, -0.15) is 0 Å². The number of hydrogen-bond acceptors (Lipinski definition) is 6. The van der Waals surface area contributed by atoms with E-state index in [1.54, 1.807) is 6.33 Å². The van der Waals surface area contributed by atoms with E-state index in [2.05, 4.69) is 37.3 Å². The van der Waals surface area contributed by atoms with Crippen molar-refractivity contribution in [2.24, 2.45) is 5.92 Å². The molecule has 7 nitrogen and oxygen atoms in total. The van der Waals surface area contributed by atoms with Crippen LogP contribution in [0.15, 0.2) is 12.4 Å². The molecule has 2 aliphatic heterocycles. The van der Waals surface area contributed by atoms with Gasteiger partial charge in [-0.05, 0) is 57.5 Å². The molecule has 2 aliphatic rings. The average molecular weight is 417 g/mol. The van der Waals surface area contributed by atoms with E-state index in [9.17, 15) is 4.79 Å². The molecule has 168 valence electrons. The molecule has 0 bridgehead atoms. The quantitative estimate of drug-likeness (QED) is 0.610. The van der Waals surface area contributed by atoms with Crippen molar-refractivity contribution in [3.05, 3.63) is 12.4 Å². The van der Waals surface area contributed by atoms with Gasteiger partial charge in [0, 0.05) is 45.2 Å². The fraction of sp³-hybridized carbons (Fsp3) is 0.783. The standard InChI is InChI=1S/C23H40N6O/c1-2-11-24-21-17-22(27-19-26-21)29-15-7-8-20(18-29)9-10-23(30)25-12-16-28-13-5-3-4-6-14-28/h17,19-20H,2-16,18H2,1H3,(H,25,30)(H,24,26,27)/t20-/m0/s1. The number of aromatic nitrogens is 2. The highest BCUT2D eigenvalue weighted by atomic mass is 16.1. The first kappa shape index (κ1) is 22.8. The zero-order valence-electron chi connectivity index (χ0n) is 18.7. The molecule has 1 atom stereocenters. The van der Waals surface area contributed by atoms with Crippen molar-refractivity contribution in [1.29, 1.82) is 0 Å². The van der Waals surface area contributed by atoms with Crippen LogP contribution in [0.5, 0.6) is 0 Å². The van der Waals surface area contributed by atoms with E-state index < -0.39 is 0 Å². The van der Waals surface area contributed by atoms with Crippen LogP contribution >= 0.6 is 0 Å². The first-order chi connectivity index (χ1) is 14.7. The Morgan fingerprint density at radius 1 is 1.10 bits per heavy atom. The second-order valence-electron chi connectivity index (χ2n) is 8.79. The van der Waals surface area contributed by atoms with Crippen LogP contribution in [0.25, 0.3) is 0 Å². The molecule has 0 aromatic carbocycles. The third kappa shape index (κ3) is 7.74. The summed E-state index contributed by atoms with van der Waals surface area (Å²) in [5, 5.41) is 6.47. The number of hydrogen-bond donors (Lipinski definition) is 2. The Hall–Kier alpha value is -1.89. The lowest BCUT2D eigenvalue weighted by Crippen LogP contribution is -2.37. The second-order valence-corrected chi connectivity index (χ2v) is 8.79. The van der Waals surface area contributed by atoms with Gasteiger partial charge in [0.25, 0.3) is 0 Å². The van der Waals surface area contributed by atoms with E-state index in [1.807, 2.05) is 6.07 Å². The molecule has 0 radical (unpaired) electrons. The zero-order valence-corrected chi connectivity index (χ0v) is 18.7. The number of nitrogens with one attached hydrogen (secondary N) is 2. The Morgan fingerprint density at radius 3 is 2.73 bits per heavy atom. The number of nitrogens with zero attached hydrogens (tertiary/aromatic N) is 4. The van der Waals surface area contributed by atoms with Crippen LogP contribution in [0.1, 0.15) is 64.7 Å². The molecule has 2 N–H and O–H groups in total. The summed E-state index contributed by atoms with van der Waals surface area (Å²) in [5.41, 5.74) is 0. The van der Waals surface area contributed by atoms with Crippen LogP contribution in [-0.2, 0) is 4.79 Å². The second kappa shape index (κ2) is 12.7. The van der Waals surface area contributed by atoms with Gasteiger partial charge in [0.05, 0.1) is 0 Å². The molecule has 0 aliphatic carbocycles. The summed E-state index contributed by atoms with van der Waals surface area (Å²) >= 11 is 0. The molecule has 0 unspecified atom stereocenters. The van der Waals surface area contributed by atoms with E-state index in [0.717, 1.165) is 63.6 Å². The SMILES string of the molecule is CCCNc1cc(N2CCC[C@@H](CCC(=O)NCCN3CCCCCC3)C2)ncn1. The Balaban J connectivity index is 1.36. The van der Waals surface area contributed by atoms with Crippen molar-refractivity contribution >= 4 is 17.5 Å². The van der Waals surface area contributed by atoms with Gasteiger partial charge in [0.2, 0.25) is 5.91 Å². The number of carbonyl (C=O) groups is 1. The van der Waals surface area contributed by atoms with Gasteiger partial charge in [0.15, 0.2) is 0 Å². The maximum Gasteiger partial charge on any atom is 0.220 e.